The third-order valence-electron chi connectivity index (χ3n) is 3.09. The Morgan fingerprint density at radius 3 is 2.21 bits per heavy atom. The van der Waals surface area contributed by atoms with E-state index >= 15 is 0 Å². The van der Waals surface area contributed by atoms with Gasteiger partial charge in [0, 0.05) is 13.1 Å². The molecule has 0 unspecified atom stereocenters. The van der Waals surface area contributed by atoms with Crippen LogP contribution in [0.5, 0.6) is 0 Å². The summed E-state index contributed by atoms with van der Waals surface area (Å²) in [4.78, 5) is 0. The minimum atomic E-state index is 0.800. The molecule has 0 heterocycles. The van der Waals surface area contributed by atoms with E-state index in [2.05, 4.69) is 61.9 Å². The van der Waals surface area contributed by atoms with Gasteiger partial charge in [-0.3, -0.25) is 0 Å². The van der Waals surface area contributed by atoms with Gasteiger partial charge in [0.2, 0.25) is 0 Å². The molecule has 1 aromatic carbocycles. The second kappa shape index (κ2) is 8.41. The lowest BCUT2D eigenvalue weighted by molar-refractivity contribution is 0.698. The van der Waals surface area contributed by atoms with Crippen LogP contribution in [0.2, 0.25) is 0 Å². The third-order valence-corrected chi connectivity index (χ3v) is 3.09. The summed E-state index contributed by atoms with van der Waals surface area (Å²) in [7, 11) is 0. The molecule has 19 heavy (non-hydrogen) atoms. The standard InChI is InChI=1S/C17H26N2/c1-5-7-14(3)12-18-15(4)19-13-17-10-8-16(6-2)9-11-17/h8-11,18-19H,3-7,12-13H2,1-2H3. The van der Waals surface area contributed by atoms with Crippen LogP contribution in [0.25, 0.3) is 0 Å². The number of hydrogen-bond acceptors (Lipinski definition) is 2. The smallest absolute Gasteiger partial charge is 0.0917 e. The fourth-order valence-electron chi connectivity index (χ4n) is 1.84. The molecular weight excluding hydrogens is 232 g/mol. The second-order valence-corrected chi connectivity index (χ2v) is 4.86. The quantitative estimate of drug-likeness (QED) is 0.659. The number of hydrogen-bond donors (Lipinski definition) is 2. The highest BCUT2D eigenvalue weighted by molar-refractivity contribution is 5.22. The van der Waals surface area contributed by atoms with Crippen LogP contribution in [0.1, 0.15) is 37.8 Å². The highest BCUT2D eigenvalue weighted by Crippen LogP contribution is 2.05. The first-order valence-corrected chi connectivity index (χ1v) is 7.06. The van der Waals surface area contributed by atoms with E-state index in [0.29, 0.717) is 0 Å². The van der Waals surface area contributed by atoms with Crippen molar-refractivity contribution in [3.8, 4) is 0 Å². The molecule has 2 nitrogen and oxygen atoms in total. The summed E-state index contributed by atoms with van der Waals surface area (Å²) >= 11 is 0. The number of benzene rings is 1. The normalized spacial score (nSPS) is 10.0. The van der Waals surface area contributed by atoms with Crippen molar-refractivity contribution >= 4 is 0 Å². The Hall–Kier alpha value is -1.70. The van der Waals surface area contributed by atoms with Crippen LogP contribution < -0.4 is 10.6 Å². The average Bonchev–Trinajstić information content (AvgIpc) is 2.44. The topological polar surface area (TPSA) is 24.1 Å². The van der Waals surface area contributed by atoms with Gasteiger partial charge in [0.1, 0.15) is 0 Å². The van der Waals surface area contributed by atoms with Crippen LogP contribution in [0.4, 0.5) is 0 Å². The zero-order valence-corrected chi connectivity index (χ0v) is 12.3. The number of rotatable bonds is 9. The summed E-state index contributed by atoms with van der Waals surface area (Å²) in [5.41, 5.74) is 3.86. The van der Waals surface area contributed by atoms with Gasteiger partial charge in [-0.25, -0.2) is 0 Å². The van der Waals surface area contributed by atoms with Gasteiger partial charge >= 0.3 is 0 Å². The van der Waals surface area contributed by atoms with E-state index in [4.69, 9.17) is 0 Å². The molecular formula is C17H26N2. The Labute approximate surface area is 117 Å². The van der Waals surface area contributed by atoms with E-state index in [1.807, 2.05) is 0 Å². The van der Waals surface area contributed by atoms with Crippen molar-refractivity contribution in [2.24, 2.45) is 0 Å². The molecule has 104 valence electrons. The molecule has 0 spiro atoms. The molecule has 2 N–H and O–H groups in total. The fourth-order valence-corrected chi connectivity index (χ4v) is 1.84. The highest BCUT2D eigenvalue weighted by Gasteiger charge is 1.97. The maximum Gasteiger partial charge on any atom is 0.0917 e. The molecule has 0 saturated heterocycles. The lowest BCUT2D eigenvalue weighted by Gasteiger charge is -2.13. The summed E-state index contributed by atoms with van der Waals surface area (Å²) in [5, 5.41) is 6.54. The van der Waals surface area contributed by atoms with Crippen molar-refractivity contribution in [3.05, 3.63) is 59.9 Å². The van der Waals surface area contributed by atoms with E-state index in [1.165, 1.54) is 16.7 Å². The second-order valence-electron chi connectivity index (χ2n) is 4.86. The fraction of sp³-hybridized carbons (Fsp3) is 0.412. The van der Waals surface area contributed by atoms with Crippen molar-refractivity contribution in [3.63, 3.8) is 0 Å². The molecule has 0 bridgehead atoms. The van der Waals surface area contributed by atoms with E-state index in [0.717, 1.165) is 38.2 Å². The van der Waals surface area contributed by atoms with E-state index in [1.54, 1.807) is 0 Å². The Morgan fingerprint density at radius 1 is 1.00 bits per heavy atom. The van der Waals surface area contributed by atoms with Gasteiger partial charge in [-0.15, -0.1) is 0 Å². The molecule has 0 radical (unpaired) electrons. The predicted molar refractivity (Wildman–Crippen MR) is 83.9 cm³/mol. The van der Waals surface area contributed by atoms with Crippen molar-refractivity contribution in [1.29, 1.82) is 0 Å². The average molecular weight is 258 g/mol. The molecule has 0 atom stereocenters. The van der Waals surface area contributed by atoms with Gasteiger partial charge in [0.25, 0.3) is 0 Å². The predicted octanol–water partition coefficient (Wildman–Crippen LogP) is 3.76. The molecule has 0 amide bonds. The molecule has 1 aromatic rings. The Bertz CT molecular complexity index is 404. The molecule has 0 aromatic heterocycles. The van der Waals surface area contributed by atoms with Crippen LogP contribution in [-0.2, 0) is 13.0 Å². The van der Waals surface area contributed by atoms with Crippen LogP contribution in [0, 0.1) is 0 Å². The highest BCUT2D eigenvalue weighted by atomic mass is 15.1. The molecule has 0 aliphatic rings. The largest absolute Gasteiger partial charge is 0.369 e. The number of aryl methyl sites for hydroxylation is 1. The van der Waals surface area contributed by atoms with E-state index in [9.17, 15) is 0 Å². The minimum absolute atomic E-state index is 0.800. The van der Waals surface area contributed by atoms with Crippen molar-refractivity contribution in [2.75, 3.05) is 6.54 Å². The summed E-state index contributed by atoms with van der Waals surface area (Å²) in [6.07, 6.45) is 3.30. The van der Waals surface area contributed by atoms with Gasteiger partial charge in [-0.1, -0.05) is 63.3 Å². The zero-order chi connectivity index (χ0) is 14.1. The first-order valence-electron chi connectivity index (χ1n) is 7.06. The van der Waals surface area contributed by atoms with Crippen LogP contribution in [0.3, 0.4) is 0 Å². The monoisotopic (exact) mass is 258 g/mol. The van der Waals surface area contributed by atoms with Gasteiger partial charge in [-0.05, 0) is 24.0 Å². The molecule has 0 fully saturated rings. The maximum atomic E-state index is 4.02. The molecule has 2 heteroatoms. The summed E-state index contributed by atoms with van der Waals surface area (Å²) in [6.45, 7) is 13.9. The summed E-state index contributed by atoms with van der Waals surface area (Å²) in [6, 6.07) is 8.68. The van der Waals surface area contributed by atoms with Gasteiger partial charge in [-0.2, -0.15) is 0 Å². The summed E-state index contributed by atoms with van der Waals surface area (Å²) in [5.74, 6) is 0.858. The lowest BCUT2D eigenvalue weighted by Crippen LogP contribution is -2.26. The Morgan fingerprint density at radius 2 is 1.63 bits per heavy atom. The summed E-state index contributed by atoms with van der Waals surface area (Å²) < 4.78 is 0. The molecule has 0 aliphatic heterocycles. The Balaban J connectivity index is 2.27. The first kappa shape index (κ1) is 15.4. The van der Waals surface area contributed by atoms with E-state index < -0.39 is 0 Å². The van der Waals surface area contributed by atoms with Crippen LogP contribution >= 0.6 is 0 Å². The van der Waals surface area contributed by atoms with Crippen LogP contribution in [-0.4, -0.2) is 6.54 Å². The first-order chi connectivity index (χ1) is 9.15. The number of nitrogens with one attached hydrogen (secondary N) is 2. The maximum absolute atomic E-state index is 4.02. The molecule has 0 aliphatic carbocycles. The van der Waals surface area contributed by atoms with Crippen molar-refractivity contribution in [1.82, 2.24) is 10.6 Å². The van der Waals surface area contributed by atoms with Gasteiger partial charge in [0.15, 0.2) is 0 Å². The van der Waals surface area contributed by atoms with Gasteiger partial charge < -0.3 is 10.6 Å². The van der Waals surface area contributed by atoms with Crippen molar-refractivity contribution in [2.45, 2.75) is 39.7 Å². The van der Waals surface area contributed by atoms with Gasteiger partial charge in [0.05, 0.1) is 5.82 Å². The third kappa shape index (κ3) is 6.14. The minimum Gasteiger partial charge on any atom is -0.369 e. The van der Waals surface area contributed by atoms with Crippen molar-refractivity contribution < 1.29 is 0 Å². The molecule has 0 saturated carbocycles. The van der Waals surface area contributed by atoms with E-state index in [-0.39, 0.29) is 0 Å². The molecule has 1 rings (SSSR count). The van der Waals surface area contributed by atoms with Crippen LogP contribution in [0.15, 0.2) is 48.8 Å². The zero-order valence-electron chi connectivity index (χ0n) is 12.3. The lowest BCUT2D eigenvalue weighted by atomic mass is 10.1. The Kier molecular flexibility index (Phi) is 6.80. The SMILES string of the molecule is C=C(CCC)CNC(=C)NCc1ccc(CC)cc1.